The van der Waals surface area contributed by atoms with E-state index in [1.54, 1.807) is 12.1 Å². The third-order valence-electron chi connectivity index (χ3n) is 2.68. The number of hydrogen-bond acceptors (Lipinski definition) is 2. The van der Waals surface area contributed by atoms with Crippen molar-refractivity contribution >= 4 is 28.1 Å². The second-order valence-corrected chi connectivity index (χ2v) is 4.26. The molecule has 4 heteroatoms. The van der Waals surface area contributed by atoms with Gasteiger partial charge in [-0.15, -0.1) is 0 Å². The number of nitrogens with zero attached hydrogens (tertiary/aromatic N) is 1. The Balaban J connectivity index is 2.24. The van der Waals surface area contributed by atoms with Crippen molar-refractivity contribution in [1.82, 2.24) is 0 Å². The van der Waals surface area contributed by atoms with Crippen LogP contribution < -0.4 is 8.62 Å². The number of carbonyl (C=O) groups excluding carboxylic acids is 1. The fourth-order valence-corrected chi connectivity index (χ4v) is 2.18. The van der Waals surface area contributed by atoms with Gasteiger partial charge in [-0.25, -0.2) is 0 Å². The van der Waals surface area contributed by atoms with Gasteiger partial charge >= 0.3 is 16.5 Å². The molecule has 17 heavy (non-hydrogen) atoms. The molecule has 3 nitrogen and oxygen atoms in total. The van der Waals surface area contributed by atoms with Gasteiger partial charge in [0.1, 0.15) is 11.5 Å². The van der Waals surface area contributed by atoms with Crippen LogP contribution in [0.2, 0.25) is 0 Å². The first-order valence-electron chi connectivity index (χ1n) is 5.22. The highest BCUT2D eigenvalue weighted by Crippen LogP contribution is 2.37. The van der Waals surface area contributed by atoms with Crippen LogP contribution in [0.3, 0.4) is 0 Å². The van der Waals surface area contributed by atoms with Crippen LogP contribution in [-0.2, 0) is 0 Å². The lowest BCUT2D eigenvalue weighted by atomic mass is 10.2. The quantitative estimate of drug-likeness (QED) is 0.659. The minimum absolute atomic E-state index is 0.0875. The third-order valence-corrected chi connectivity index (χ3v) is 3.19. The lowest BCUT2D eigenvalue weighted by molar-refractivity contribution is 0.101. The normalized spacial score (nSPS) is 13.4. The lowest BCUT2D eigenvalue weighted by Gasteiger charge is -2.18. The summed E-state index contributed by atoms with van der Waals surface area (Å²) in [5, 5.41) is 0. The van der Waals surface area contributed by atoms with Gasteiger partial charge in [0.05, 0.1) is 11.3 Å². The topological polar surface area (TPSA) is 29.5 Å². The number of benzene rings is 2. The predicted octanol–water partition coefficient (Wildman–Crippen LogP) is 2.52. The summed E-state index contributed by atoms with van der Waals surface area (Å²) in [7, 11) is 0. The summed E-state index contributed by atoms with van der Waals surface area (Å²) in [4.78, 5) is 12.2. The maximum Gasteiger partial charge on any atom is 0.323 e. The second-order valence-electron chi connectivity index (χ2n) is 3.74. The molecule has 0 saturated heterocycles. The van der Waals surface area contributed by atoms with Gasteiger partial charge in [-0.3, -0.25) is 4.79 Å². The van der Waals surface area contributed by atoms with E-state index in [4.69, 9.17) is 4.74 Å². The van der Waals surface area contributed by atoms with Crippen LogP contribution in [0.4, 0.5) is 5.69 Å². The van der Waals surface area contributed by atoms with Crippen molar-refractivity contribution in [3.8, 4) is 11.5 Å². The number of amides is 1. The minimum Gasteiger partial charge on any atom is -0.454 e. The fraction of sp³-hybridized carbons (Fsp3) is 0. The highest BCUT2D eigenvalue weighted by atomic mass is 27.1. The minimum atomic E-state index is -0.0875. The molecule has 1 heterocycles. The molecule has 1 amide bonds. The molecule has 0 saturated carbocycles. The van der Waals surface area contributed by atoms with Gasteiger partial charge in [0, 0.05) is 0 Å². The molecular weight excluding hydrogens is 229 g/mol. The average molecular weight is 237 g/mol. The van der Waals surface area contributed by atoms with Crippen molar-refractivity contribution in [2.45, 2.75) is 0 Å². The van der Waals surface area contributed by atoms with E-state index in [0.29, 0.717) is 17.1 Å². The van der Waals surface area contributed by atoms with Crippen molar-refractivity contribution in [3.63, 3.8) is 0 Å². The van der Waals surface area contributed by atoms with Crippen molar-refractivity contribution in [3.05, 3.63) is 54.1 Å². The smallest absolute Gasteiger partial charge is 0.323 e. The molecule has 1 aliphatic rings. The van der Waals surface area contributed by atoms with Crippen molar-refractivity contribution in [2.24, 2.45) is 0 Å². The number of para-hydroxylation sites is 3. The standard InChI is InChI=1S/C13H9NO2.Al/c15-13-9-5-1-3-7-11(9)16-12-8-4-2-6-10(12)14-13;/h1-8H,(H,14,15);/q;+1/p-1. The Morgan fingerprint density at radius 1 is 0.941 bits per heavy atom. The van der Waals surface area contributed by atoms with E-state index in [9.17, 15) is 4.79 Å². The van der Waals surface area contributed by atoms with Crippen LogP contribution in [0.1, 0.15) is 10.4 Å². The van der Waals surface area contributed by atoms with Gasteiger partial charge in [-0.05, 0) is 24.3 Å². The van der Waals surface area contributed by atoms with Gasteiger partial charge in [0.2, 0.25) is 5.91 Å². The molecule has 3 rings (SSSR count). The molecule has 0 N–H and O–H groups in total. The highest BCUT2D eigenvalue weighted by molar-refractivity contribution is 6.35. The molecule has 0 bridgehead atoms. The van der Waals surface area contributed by atoms with Crippen LogP contribution in [0.25, 0.3) is 0 Å². The van der Waals surface area contributed by atoms with E-state index in [1.165, 1.54) is 3.88 Å². The lowest BCUT2D eigenvalue weighted by Crippen LogP contribution is -2.26. The average Bonchev–Trinajstić information content (AvgIpc) is 2.48. The molecule has 2 aromatic carbocycles. The molecule has 0 fully saturated rings. The third kappa shape index (κ3) is 1.63. The fourth-order valence-electron chi connectivity index (χ4n) is 1.83. The van der Waals surface area contributed by atoms with Crippen LogP contribution in [0.15, 0.2) is 48.5 Å². The number of anilines is 1. The Bertz CT molecular complexity index is 597. The first-order chi connectivity index (χ1) is 8.27. The van der Waals surface area contributed by atoms with E-state index in [2.05, 4.69) is 16.5 Å². The van der Waals surface area contributed by atoms with Gasteiger partial charge in [-0.2, -0.15) is 0 Å². The second kappa shape index (κ2) is 3.92. The van der Waals surface area contributed by atoms with Gasteiger partial charge in [0.25, 0.3) is 0 Å². The number of hydrogen-bond donors (Lipinski definition) is 0. The summed E-state index contributed by atoms with van der Waals surface area (Å²) in [5.74, 6) is 1.19. The Hall–Kier alpha value is -1.76. The highest BCUT2D eigenvalue weighted by Gasteiger charge is 2.23. The van der Waals surface area contributed by atoms with E-state index in [-0.39, 0.29) is 5.91 Å². The molecule has 0 aromatic heterocycles. The van der Waals surface area contributed by atoms with Crippen LogP contribution in [0, 0.1) is 0 Å². The van der Waals surface area contributed by atoms with E-state index in [1.807, 2.05) is 36.4 Å². The zero-order valence-electron chi connectivity index (χ0n) is 8.96. The number of rotatable bonds is 0. The van der Waals surface area contributed by atoms with Crippen LogP contribution >= 0.6 is 0 Å². The molecule has 0 aliphatic carbocycles. The molecule has 1 aliphatic heterocycles. The van der Waals surface area contributed by atoms with Gasteiger partial charge < -0.3 is 8.62 Å². The first kappa shape index (κ1) is 10.4. The van der Waals surface area contributed by atoms with E-state index >= 15 is 0 Å². The summed E-state index contributed by atoms with van der Waals surface area (Å²) in [6.07, 6.45) is 0. The molecule has 80 valence electrons. The molecule has 0 unspecified atom stereocenters. The predicted molar refractivity (Wildman–Crippen MR) is 65.5 cm³/mol. The maximum absolute atomic E-state index is 12.2. The summed E-state index contributed by atoms with van der Waals surface area (Å²) in [6.45, 7) is 0. The zero-order chi connectivity index (χ0) is 11.8. The Labute approximate surface area is 107 Å². The number of ether oxygens (including phenoxy) is 1. The monoisotopic (exact) mass is 237 g/mol. The first-order valence-corrected chi connectivity index (χ1v) is 5.74. The summed E-state index contributed by atoms with van der Waals surface area (Å²) in [6, 6.07) is 14.7. The zero-order valence-corrected chi connectivity index (χ0v) is 10.1. The molecule has 2 radical (unpaired) electrons. The molecular formula is C13H8AlNO2. The van der Waals surface area contributed by atoms with Gasteiger partial charge in [0.15, 0.2) is 0 Å². The SMILES string of the molecule is O=C1c2ccccc2Oc2ccccc2[N]1[Al]. The van der Waals surface area contributed by atoms with Crippen molar-refractivity contribution < 1.29 is 9.53 Å². The number of carbonyl (C=O) groups is 1. The molecule has 2 aromatic rings. The van der Waals surface area contributed by atoms with Crippen molar-refractivity contribution in [1.29, 1.82) is 0 Å². The van der Waals surface area contributed by atoms with Crippen molar-refractivity contribution in [2.75, 3.05) is 3.88 Å². The summed E-state index contributed by atoms with van der Waals surface area (Å²) in [5.41, 5.74) is 1.32. The van der Waals surface area contributed by atoms with Gasteiger partial charge in [-0.1, -0.05) is 24.3 Å². The Kier molecular flexibility index (Phi) is 2.40. The summed E-state index contributed by atoms with van der Waals surface area (Å²) >= 11 is 2.43. The molecule has 0 spiro atoms. The van der Waals surface area contributed by atoms with Crippen LogP contribution in [-0.4, -0.2) is 22.4 Å². The largest absolute Gasteiger partial charge is 0.454 e. The van der Waals surface area contributed by atoms with Crippen LogP contribution in [0.5, 0.6) is 11.5 Å². The Morgan fingerprint density at radius 3 is 2.41 bits per heavy atom. The van der Waals surface area contributed by atoms with E-state index in [0.717, 1.165) is 5.69 Å². The molecule has 0 atom stereocenters. The number of fused-ring (bicyclic) bond motifs is 2. The maximum atomic E-state index is 12.2. The summed E-state index contributed by atoms with van der Waals surface area (Å²) < 4.78 is 7.30. The Morgan fingerprint density at radius 2 is 1.59 bits per heavy atom. The van der Waals surface area contributed by atoms with E-state index < -0.39 is 0 Å².